The molecule has 1 saturated heterocycles. The number of hydrogen-bond donors (Lipinski definition) is 1. The van der Waals surface area contributed by atoms with Crippen molar-refractivity contribution in [3.63, 3.8) is 0 Å². The lowest BCUT2D eigenvalue weighted by atomic mass is 9.97. The number of amides is 1. The molecule has 8 nitrogen and oxygen atoms in total. The highest BCUT2D eigenvalue weighted by Crippen LogP contribution is 2.26. The zero-order chi connectivity index (χ0) is 22.4. The molecule has 1 aliphatic heterocycles. The average molecular weight is 447 g/mol. The number of nitrogens with one attached hydrogen (secondary N) is 1. The number of sulfonamides is 1. The number of ether oxygens (including phenoxy) is 2. The van der Waals surface area contributed by atoms with Gasteiger partial charge in [-0.25, -0.2) is 13.2 Å². The van der Waals surface area contributed by atoms with Crippen LogP contribution in [0.1, 0.15) is 30.1 Å². The fraction of sp³-hybridized carbons (Fsp3) is 0.364. The summed E-state index contributed by atoms with van der Waals surface area (Å²) in [4.78, 5) is 24.7. The number of esters is 1. The van der Waals surface area contributed by atoms with E-state index in [2.05, 4.69) is 5.32 Å². The van der Waals surface area contributed by atoms with Crippen molar-refractivity contribution >= 4 is 27.6 Å². The van der Waals surface area contributed by atoms with Crippen LogP contribution in [0.4, 0.5) is 5.69 Å². The molecule has 0 saturated carbocycles. The Morgan fingerprint density at radius 2 is 1.77 bits per heavy atom. The second-order valence-electron chi connectivity index (χ2n) is 7.14. The third-order valence-corrected chi connectivity index (χ3v) is 7.08. The van der Waals surface area contributed by atoms with Crippen LogP contribution >= 0.6 is 0 Å². The van der Waals surface area contributed by atoms with Gasteiger partial charge in [-0.05, 0) is 62.2 Å². The highest BCUT2D eigenvalue weighted by molar-refractivity contribution is 7.89. The molecule has 0 unspecified atom stereocenters. The van der Waals surface area contributed by atoms with Gasteiger partial charge in [0.05, 0.1) is 24.2 Å². The van der Waals surface area contributed by atoms with E-state index in [0.29, 0.717) is 29.8 Å². The molecular weight excluding hydrogens is 420 g/mol. The van der Waals surface area contributed by atoms with Crippen LogP contribution < -0.4 is 10.1 Å². The minimum absolute atomic E-state index is 0.192. The van der Waals surface area contributed by atoms with Crippen molar-refractivity contribution in [2.75, 3.05) is 32.1 Å². The first-order valence-electron chi connectivity index (χ1n) is 10.1. The summed E-state index contributed by atoms with van der Waals surface area (Å²) in [6.07, 6.45) is 0.831. The van der Waals surface area contributed by atoms with Crippen LogP contribution in [-0.4, -0.2) is 51.4 Å². The van der Waals surface area contributed by atoms with Gasteiger partial charge >= 0.3 is 5.97 Å². The molecule has 1 aliphatic rings. The zero-order valence-electron chi connectivity index (χ0n) is 17.5. The predicted octanol–water partition coefficient (Wildman–Crippen LogP) is 2.91. The second-order valence-corrected chi connectivity index (χ2v) is 9.08. The number of methoxy groups -OCH3 is 1. The summed E-state index contributed by atoms with van der Waals surface area (Å²) in [5, 5.41) is 2.82. The molecule has 0 atom stereocenters. The molecule has 166 valence electrons. The van der Waals surface area contributed by atoms with Crippen LogP contribution in [0.2, 0.25) is 0 Å². The summed E-state index contributed by atoms with van der Waals surface area (Å²) < 4.78 is 37.1. The molecule has 2 aromatic carbocycles. The highest BCUT2D eigenvalue weighted by Gasteiger charge is 2.32. The van der Waals surface area contributed by atoms with Crippen LogP contribution in [0.15, 0.2) is 53.4 Å². The van der Waals surface area contributed by atoms with E-state index in [1.165, 1.54) is 23.5 Å². The van der Waals surface area contributed by atoms with Crippen molar-refractivity contribution in [1.29, 1.82) is 0 Å². The van der Waals surface area contributed by atoms with Crippen molar-refractivity contribution in [3.05, 3.63) is 54.1 Å². The number of benzene rings is 2. The Morgan fingerprint density at radius 1 is 1.10 bits per heavy atom. The molecule has 3 rings (SSSR count). The predicted molar refractivity (Wildman–Crippen MR) is 116 cm³/mol. The van der Waals surface area contributed by atoms with Crippen LogP contribution in [-0.2, 0) is 19.6 Å². The summed E-state index contributed by atoms with van der Waals surface area (Å²) in [5.41, 5.74) is 0.865. The van der Waals surface area contributed by atoms with Crippen molar-refractivity contribution in [3.8, 4) is 5.75 Å². The van der Waals surface area contributed by atoms with E-state index in [1.54, 1.807) is 43.3 Å². The maximum atomic E-state index is 12.8. The molecule has 0 bridgehead atoms. The molecule has 2 aromatic rings. The molecule has 31 heavy (non-hydrogen) atoms. The lowest BCUT2D eigenvalue weighted by molar-refractivity contribution is -0.120. The van der Waals surface area contributed by atoms with E-state index < -0.39 is 16.0 Å². The minimum Gasteiger partial charge on any atom is -0.497 e. The van der Waals surface area contributed by atoms with Gasteiger partial charge in [-0.3, -0.25) is 4.79 Å². The first-order chi connectivity index (χ1) is 14.8. The molecule has 1 amide bonds. The van der Waals surface area contributed by atoms with Crippen molar-refractivity contribution < 1.29 is 27.5 Å². The van der Waals surface area contributed by atoms with Gasteiger partial charge in [-0.15, -0.1) is 0 Å². The Balaban J connectivity index is 1.59. The van der Waals surface area contributed by atoms with Crippen molar-refractivity contribution in [1.82, 2.24) is 4.31 Å². The number of nitrogens with zero attached hydrogens (tertiary/aromatic N) is 1. The normalized spacial score (nSPS) is 15.3. The monoisotopic (exact) mass is 446 g/mol. The second kappa shape index (κ2) is 9.93. The summed E-state index contributed by atoms with van der Waals surface area (Å²) in [6, 6.07) is 12.8. The molecule has 9 heteroatoms. The highest BCUT2D eigenvalue weighted by atomic mass is 32.2. The Morgan fingerprint density at radius 3 is 2.39 bits per heavy atom. The van der Waals surface area contributed by atoms with E-state index in [0.717, 1.165) is 0 Å². The Hall–Kier alpha value is -2.91. The topological polar surface area (TPSA) is 102 Å². The SMILES string of the molecule is CCOC(=O)c1cccc(NC(=O)C2CCN(S(=O)(=O)c3ccc(OC)cc3)CC2)c1. The number of hydrogen-bond acceptors (Lipinski definition) is 6. The third-order valence-electron chi connectivity index (χ3n) is 5.16. The van der Waals surface area contributed by atoms with Crippen LogP contribution in [0.3, 0.4) is 0 Å². The maximum Gasteiger partial charge on any atom is 0.338 e. The first-order valence-corrected chi connectivity index (χ1v) is 11.5. The summed E-state index contributed by atoms with van der Waals surface area (Å²) >= 11 is 0. The van der Waals surface area contributed by atoms with Gasteiger partial charge in [0.1, 0.15) is 5.75 Å². The van der Waals surface area contributed by atoms with Crippen LogP contribution in [0, 0.1) is 5.92 Å². The van der Waals surface area contributed by atoms with E-state index in [9.17, 15) is 18.0 Å². The van der Waals surface area contributed by atoms with E-state index >= 15 is 0 Å². The fourth-order valence-electron chi connectivity index (χ4n) is 3.44. The van der Waals surface area contributed by atoms with E-state index in [-0.39, 0.29) is 36.4 Å². The molecule has 1 heterocycles. The lowest BCUT2D eigenvalue weighted by Crippen LogP contribution is -2.41. The molecule has 0 radical (unpaired) electrons. The Bertz CT molecular complexity index is 1030. The quantitative estimate of drug-likeness (QED) is 0.656. The number of carbonyl (C=O) groups is 2. The number of rotatable bonds is 7. The van der Waals surface area contributed by atoms with Gasteiger partial charge in [-0.1, -0.05) is 6.07 Å². The number of carbonyl (C=O) groups excluding carboxylic acids is 2. The number of anilines is 1. The minimum atomic E-state index is -3.62. The van der Waals surface area contributed by atoms with Gasteiger partial charge in [0, 0.05) is 24.7 Å². The lowest BCUT2D eigenvalue weighted by Gasteiger charge is -2.30. The van der Waals surface area contributed by atoms with Crippen molar-refractivity contribution in [2.24, 2.45) is 5.92 Å². The van der Waals surface area contributed by atoms with Crippen molar-refractivity contribution in [2.45, 2.75) is 24.7 Å². The van der Waals surface area contributed by atoms with Gasteiger partial charge in [0.15, 0.2) is 0 Å². The Kier molecular flexibility index (Phi) is 7.29. The van der Waals surface area contributed by atoms with Gasteiger partial charge in [0.25, 0.3) is 0 Å². The molecule has 0 aliphatic carbocycles. The standard InChI is InChI=1S/C22H26N2O6S/c1-3-30-22(26)17-5-4-6-18(15-17)23-21(25)16-11-13-24(14-12-16)31(27,28)20-9-7-19(29-2)8-10-20/h4-10,15-16H,3,11-14H2,1-2H3,(H,23,25). The van der Waals surface area contributed by atoms with Crippen LogP contribution in [0.25, 0.3) is 0 Å². The molecular formula is C22H26N2O6S. The van der Waals surface area contributed by atoms with E-state index in [1.807, 2.05) is 0 Å². The molecule has 1 fully saturated rings. The number of piperidine rings is 1. The zero-order valence-corrected chi connectivity index (χ0v) is 18.4. The summed E-state index contributed by atoms with van der Waals surface area (Å²) in [6.45, 7) is 2.52. The average Bonchev–Trinajstić information content (AvgIpc) is 2.79. The smallest absolute Gasteiger partial charge is 0.338 e. The fourth-order valence-corrected chi connectivity index (χ4v) is 4.91. The van der Waals surface area contributed by atoms with E-state index in [4.69, 9.17) is 9.47 Å². The van der Waals surface area contributed by atoms with Gasteiger partial charge < -0.3 is 14.8 Å². The summed E-state index contributed by atoms with van der Waals surface area (Å²) in [5.74, 6) is -0.368. The molecule has 0 aromatic heterocycles. The first kappa shape index (κ1) is 22.8. The van der Waals surface area contributed by atoms with Gasteiger partial charge in [-0.2, -0.15) is 4.31 Å². The maximum absolute atomic E-state index is 12.8. The summed E-state index contributed by atoms with van der Waals surface area (Å²) in [7, 11) is -2.10. The Labute approximate surface area is 182 Å². The molecule has 0 spiro atoms. The largest absolute Gasteiger partial charge is 0.497 e. The molecule has 1 N–H and O–H groups in total. The third kappa shape index (κ3) is 5.42. The van der Waals surface area contributed by atoms with Crippen LogP contribution in [0.5, 0.6) is 5.75 Å². The van der Waals surface area contributed by atoms with Gasteiger partial charge in [0.2, 0.25) is 15.9 Å².